The molecule has 0 aliphatic rings. The number of nitrogens with zero attached hydrogens (tertiary/aromatic N) is 2. The highest BCUT2D eigenvalue weighted by Crippen LogP contribution is 2.25. The van der Waals surface area contributed by atoms with Crippen LogP contribution in [0.3, 0.4) is 0 Å². The van der Waals surface area contributed by atoms with E-state index in [2.05, 4.69) is 4.98 Å². The van der Waals surface area contributed by atoms with Crippen molar-refractivity contribution in [1.29, 1.82) is 0 Å². The lowest BCUT2D eigenvalue weighted by Crippen LogP contribution is -2.03. The Bertz CT molecular complexity index is 548. The fraction of sp³-hybridized carbons (Fsp3) is 0.273. The first-order valence-corrected chi connectivity index (χ1v) is 5.29. The van der Waals surface area contributed by atoms with E-state index in [9.17, 15) is 4.79 Å². The molecule has 0 saturated heterocycles. The molecule has 0 spiro atoms. The van der Waals surface area contributed by atoms with Gasteiger partial charge in [-0.15, -0.1) is 0 Å². The van der Waals surface area contributed by atoms with E-state index in [-0.39, 0.29) is 5.97 Å². The van der Waals surface area contributed by atoms with Gasteiger partial charge in [0.1, 0.15) is 10.8 Å². The van der Waals surface area contributed by atoms with Crippen molar-refractivity contribution in [3.8, 4) is 0 Å². The van der Waals surface area contributed by atoms with Gasteiger partial charge >= 0.3 is 5.97 Å². The standard InChI is InChI=1S/C11H11ClN2O2/c1-3-14-9(12)6-8-7(11(15)16-2)4-5-13-10(8)14/h4-6H,3H2,1-2H3. The molecule has 0 atom stereocenters. The molecule has 0 fully saturated rings. The number of esters is 1. The molecular weight excluding hydrogens is 228 g/mol. The summed E-state index contributed by atoms with van der Waals surface area (Å²) in [6.07, 6.45) is 1.58. The van der Waals surface area contributed by atoms with Crippen LogP contribution < -0.4 is 0 Å². The molecule has 16 heavy (non-hydrogen) atoms. The number of halogens is 1. The van der Waals surface area contributed by atoms with Crippen LogP contribution in [0, 0.1) is 0 Å². The van der Waals surface area contributed by atoms with Crippen LogP contribution in [-0.4, -0.2) is 22.6 Å². The van der Waals surface area contributed by atoms with Gasteiger partial charge in [0.2, 0.25) is 0 Å². The number of carbonyl (C=O) groups is 1. The van der Waals surface area contributed by atoms with Crippen LogP contribution in [0.4, 0.5) is 0 Å². The lowest BCUT2D eigenvalue weighted by molar-refractivity contribution is 0.0603. The van der Waals surface area contributed by atoms with Gasteiger partial charge < -0.3 is 9.30 Å². The van der Waals surface area contributed by atoms with Gasteiger partial charge in [-0.25, -0.2) is 9.78 Å². The fourth-order valence-corrected chi connectivity index (χ4v) is 2.02. The highest BCUT2D eigenvalue weighted by Gasteiger charge is 2.15. The Morgan fingerprint density at radius 2 is 2.38 bits per heavy atom. The Morgan fingerprint density at radius 3 is 3.00 bits per heavy atom. The molecule has 0 unspecified atom stereocenters. The van der Waals surface area contributed by atoms with E-state index in [1.807, 2.05) is 11.5 Å². The summed E-state index contributed by atoms with van der Waals surface area (Å²) in [4.78, 5) is 15.8. The second-order valence-corrected chi connectivity index (χ2v) is 3.69. The number of methoxy groups -OCH3 is 1. The minimum Gasteiger partial charge on any atom is -0.465 e. The normalized spacial score (nSPS) is 10.7. The van der Waals surface area contributed by atoms with Crippen molar-refractivity contribution in [2.24, 2.45) is 0 Å². The number of ether oxygens (including phenoxy) is 1. The predicted molar refractivity (Wildman–Crippen MR) is 61.8 cm³/mol. The van der Waals surface area contributed by atoms with Crippen LogP contribution in [0.2, 0.25) is 5.15 Å². The molecule has 2 heterocycles. The molecule has 2 rings (SSSR count). The Kier molecular flexibility index (Phi) is 2.83. The highest BCUT2D eigenvalue weighted by atomic mass is 35.5. The second kappa shape index (κ2) is 4.14. The van der Waals surface area contributed by atoms with Crippen LogP contribution in [-0.2, 0) is 11.3 Å². The summed E-state index contributed by atoms with van der Waals surface area (Å²) in [5, 5.41) is 1.29. The summed E-state index contributed by atoms with van der Waals surface area (Å²) in [5.41, 5.74) is 1.19. The maximum absolute atomic E-state index is 11.5. The molecule has 0 aliphatic carbocycles. The Balaban J connectivity index is 2.74. The number of rotatable bonds is 2. The quantitative estimate of drug-likeness (QED) is 0.755. The molecule has 0 saturated carbocycles. The van der Waals surface area contributed by atoms with Gasteiger partial charge in [-0.3, -0.25) is 0 Å². The smallest absolute Gasteiger partial charge is 0.338 e. The number of carbonyl (C=O) groups excluding carboxylic acids is 1. The SMILES string of the molecule is CCn1c(Cl)cc2c(C(=O)OC)ccnc21. The number of hydrogen-bond acceptors (Lipinski definition) is 3. The van der Waals surface area contributed by atoms with Gasteiger partial charge in [-0.2, -0.15) is 0 Å². The van der Waals surface area contributed by atoms with E-state index in [0.717, 1.165) is 5.39 Å². The number of aromatic nitrogens is 2. The molecule has 0 aromatic carbocycles. The Hall–Kier alpha value is -1.55. The maximum atomic E-state index is 11.5. The number of fused-ring (bicyclic) bond motifs is 1. The molecule has 0 radical (unpaired) electrons. The molecule has 0 amide bonds. The number of aryl methyl sites for hydroxylation is 1. The largest absolute Gasteiger partial charge is 0.465 e. The minimum absolute atomic E-state index is 0.377. The van der Waals surface area contributed by atoms with E-state index in [4.69, 9.17) is 16.3 Å². The summed E-state index contributed by atoms with van der Waals surface area (Å²) in [5.74, 6) is -0.377. The topological polar surface area (TPSA) is 44.1 Å². The maximum Gasteiger partial charge on any atom is 0.338 e. The van der Waals surface area contributed by atoms with Crippen LogP contribution in [0.5, 0.6) is 0 Å². The van der Waals surface area contributed by atoms with Gasteiger partial charge in [0.15, 0.2) is 0 Å². The van der Waals surface area contributed by atoms with Crippen molar-refractivity contribution in [1.82, 2.24) is 9.55 Å². The van der Waals surface area contributed by atoms with Crippen molar-refractivity contribution >= 4 is 28.6 Å². The first-order valence-electron chi connectivity index (χ1n) is 4.91. The third-order valence-electron chi connectivity index (χ3n) is 2.47. The first-order chi connectivity index (χ1) is 7.69. The van der Waals surface area contributed by atoms with Gasteiger partial charge in [-0.05, 0) is 19.1 Å². The average molecular weight is 239 g/mol. The third-order valence-corrected chi connectivity index (χ3v) is 2.78. The van der Waals surface area contributed by atoms with Crippen molar-refractivity contribution in [3.05, 3.63) is 29.0 Å². The molecular formula is C11H11ClN2O2. The van der Waals surface area contributed by atoms with Crippen LogP contribution in [0.25, 0.3) is 11.0 Å². The van der Waals surface area contributed by atoms with Crippen molar-refractivity contribution in [2.45, 2.75) is 13.5 Å². The summed E-state index contributed by atoms with van der Waals surface area (Å²) in [7, 11) is 1.35. The number of hydrogen-bond donors (Lipinski definition) is 0. The van der Waals surface area contributed by atoms with Crippen molar-refractivity contribution in [2.75, 3.05) is 7.11 Å². The zero-order chi connectivity index (χ0) is 11.7. The van der Waals surface area contributed by atoms with Crippen LogP contribution in [0.1, 0.15) is 17.3 Å². The van der Waals surface area contributed by atoms with E-state index in [1.54, 1.807) is 18.3 Å². The molecule has 4 nitrogen and oxygen atoms in total. The molecule has 0 N–H and O–H groups in total. The van der Waals surface area contributed by atoms with E-state index in [0.29, 0.717) is 22.9 Å². The van der Waals surface area contributed by atoms with Crippen LogP contribution >= 0.6 is 11.6 Å². The van der Waals surface area contributed by atoms with Gasteiger partial charge in [0.05, 0.1) is 12.7 Å². The summed E-state index contributed by atoms with van der Waals surface area (Å²) >= 11 is 6.06. The zero-order valence-corrected chi connectivity index (χ0v) is 9.78. The van der Waals surface area contributed by atoms with E-state index < -0.39 is 0 Å². The monoisotopic (exact) mass is 238 g/mol. The van der Waals surface area contributed by atoms with Gasteiger partial charge in [0.25, 0.3) is 0 Å². The summed E-state index contributed by atoms with van der Waals surface area (Å²) in [6, 6.07) is 3.37. The molecule has 2 aromatic heterocycles. The predicted octanol–water partition coefficient (Wildman–Crippen LogP) is 2.50. The van der Waals surface area contributed by atoms with E-state index in [1.165, 1.54) is 7.11 Å². The lowest BCUT2D eigenvalue weighted by atomic mass is 10.2. The van der Waals surface area contributed by atoms with E-state index >= 15 is 0 Å². The summed E-state index contributed by atoms with van der Waals surface area (Å²) < 4.78 is 6.54. The highest BCUT2D eigenvalue weighted by molar-refractivity contribution is 6.31. The van der Waals surface area contributed by atoms with Gasteiger partial charge in [-0.1, -0.05) is 11.6 Å². The second-order valence-electron chi connectivity index (χ2n) is 3.30. The minimum atomic E-state index is -0.377. The first kappa shape index (κ1) is 11.0. The zero-order valence-electron chi connectivity index (χ0n) is 9.03. The summed E-state index contributed by atoms with van der Waals surface area (Å²) in [6.45, 7) is 2.68. The molecule has 2 aromatic rings. The molecule has 84 valence electrons. The molecule has 0 bridgehead atoms. The fourth-order valence-electron chi connectivity index (χ4n) is 1.71. The van der Waals surface area contributed by atoms with Crippen LogP contribution in [0.15, 0.2) is 18.3 Å². The molecule has 0 aliphatic heterocycles. The Labute approximate surface area is 97.8 Å². The molecule has 5 heteroatoms. The van der Waals surface area contributed by atoms with Crippen molar-refractivity contribution < 1.29 is 9.53 Å². The van der Waals surface area contributed by atoms with Gasteiger partial charge in [0, 0.05) is 18.1 Å². The Morgan fingerprint density at radius 1 is 1.62 bits per heavy atom. The lowest BCUT2D eigenvalue weighted by Gasteiger charge is -2.03. The third kappa shape index (κ3) is 1.55. The van der Waals surface area contributed by atoms with Crippen molar-refractivity contribution in [3.63, 3.8) is 0 Å². The average Bonchev–Trinajstić information content (AvgIpc) is 2.63. The number of pyridine rings is 1.